The molecule has 134 valence electrons. The maximum atomic E-state index is 13.0. The van der Waals surface area contributed by atoms with Crippen molar-refractivity contribution in [3.05, 3.63) is 30.3 Å². The highest BCUT2D eigenvalue weighted by atomic mass is 16.2. The predicted octanol–water partition coefficient (Wildman–Crippen LogP) is 1.19. The Hall–Kier alpha value is -1.92. The number of Topliss-reactive ketones (excluding diaryl/α,β-unsaturated/α-hetero) is 1. The van der Waals surface area contributed by atoms with Crippen molar-refractivity contribution in [2.24, 2.45) is 11.8 Å². The van der Waals surface area contributed by atoms with E-state index < -0.39 is 5.92 Å². The van der Waals surface area contributed by atoms with Gasteiger partial charge in [-0.05, 0) is 31.9 Å². The fraction of sp³-hybridized carbons (Fsp3) is 0.579. The molecule has 1 saturated carbocycles. The SMILES string of the molecule is CC1NN(c2ccccc2)C2NCC(C(=O)NC3CCCC3)C(=O)C12. The number of benzene rings is 1. The molecular weight excluding hydrogens is 316 g/mol. The molecule has 1 aliphatic carbocycles. The minimum Gasteiger partial charge on any atom is -0.353 e. The Morgan fingerprint density at radius 2 is 1.92 bits per heavy atom. The van der Waals surface area contributed by atoms with Gasteiger partial charge in [0.1, 0.15) is 12.1 Å². The summed E-state index contributed by atoms with van der Waals surface area (Å²) < 4.78 is 0. The van der Waals surface area contributed by atoms with Gasteiger partial charge in [0.15, 0.2) is 5.78 Å². The molecule has 3 aliphatic rings. The van der Waals surface area contributed by atoms with E-state index in [-0.39, 0.29) is 35.9 Å². The van der Waals surface area contributed by atoms with Crippen molar-refractivity contribution in [2.75, 3.05) is 11.6 Å². The minimum atomic E-state index is -0.582. The van der Waals surface area contributed by atoms with Gasteiger partial charge < -0.3 is 5.32 Å². The Labute approximate surface area is 148 Å². The third kappa shape index (κ3) is 3.04. The zero-order valence-electron chi connectivity index (χ0n) is 14.6. The second-order valence-electron chi connectivity index (χ2n) is 7.45. The molecule has 2 heterocycles. The number of ketones is 1. The van der Waals surface area contributed by atoms with Gasteiger partial charge in [0, 0.05) is 18.6 Å². The van der Waals surface area contributed by atoms with E-state index in [0.717, 1.165) is 18.5 Å². The second kappa shape index (κ2) is 6.77. The highest BCUT2D eigenvalue weighted by Crippen LogP contribution is 2.31. The number of carbonyl (C=O) groups excluding carboxylic acids is 2. The predicted molar refractivity (Wildman–Crippen MR) is 95.7 cm³/mol. The maximum absolute atomic E-state index is 13.0. The summed E-state index contributed by atoms with van der Waals surface area (Å²) in [5, 5.41) is 8.54. The molecule has 2 aliphatic heterocycles. The van der Waals surface area contributed by atoms with Gasteiger partial charge >= 0.3 is 0 Å². The lowest BCUT2D eigenvalue weighted by molar-refractivity contribution is -0.138. The van der Waals surface area contributed by atoms with Crippen LogP contribution >= 0.6 is 0 Å². The third-order valence-corrected chi connectivity index (χ3v) is 5.76. The fourth-order valence-corrected chi connectivity index (χ4v) is 4.42. The molecule has 3 N–H and O–H groups in total. The Morgan fingerprint density at radius 1 is 1.20 bits per heavy atom. The van der Waals surface area contributed by atoms with Crippen LogP contribution in [0, 0.1) is 11.8 Å². The smallest absolute Gasteiger partial charge is 0.232 e. The first-order chi connectivity index (χ1) is 12.1. The van der Waals surface area contributed by atoms with Crippen LogP contribution in [0.15, 0.2) is 30.3 Å². The molecule has 1 amide bonds. The van der Waals surface area contributed by atoms with Crippen LogP contribution in [0.5, 0.6) is 0 Å². The minimum absolute atomic E-state index is 0.00714. The van der Waals surface area contributed by atoms with Crippen LogP contribution in [0.25, 0.3) is 0 Å². The number of nitrogens with one attached hydrogen (secondary N) is 3. The van der Waals surface area contributed by atoms with E-state index in [4.69, 9.17) is 0 Å². The zero-order chi connectivity index (χ0) is 17.4. The molecule has 6 nitrogen and oxygen atoms in total. The summed E-state index contributed by atoms with van der Waals surface area (Å²) in [5.41, 5.74) is 4.42. The van der Waals surface area contributed by atoms with E-state index in [0.29, 0.717) is 6.54 Å². The van der Waals surface area contributed by atoms with Crippen molar-refractivity contribution < 1.29 is 9.59 Å². The third-order valence-electron chi connectivity index (χ3n) is 5.76. The number of piperidine rings is 1. The van der Waals surface area contributed by atoms with Crippen LogP contribution < -0.4 is 21.1 Å². The number of anilines is 1. The van der Waals surface area contributed by atoms with Gasteiger partial charge in [0.2, 0.25) is 5.91 Å². The molecule has 0 spiro atoms. The molecule has 0 bridgehead atoms. The quantitative estimate of drug-likeness (QED) is 0.720. The van der Waals surface area contributed by atoms with Crippen LogP contribution in [0.2, 0.25) is 0 Å². The van der Waals surface area contributed by atoms with Crippen molar-refractivity contribution in [3.63, 3.8) is 0 Å². The van der Waals surface area contributed by atoms with Gasteiger partial charge in [0.05, 0.1) is 11.6 Å². The summed E-state index contributed by atoms with van der Waals surface area (Å²) in [6.07, 6.45) is 4.29. The molecule has 3 fully saturated rings. The molecular formula is C19H26N4O2. The van der Waals surface area contributed by atoms with E-state index in [1.165, 1.54) is 12.8 Å². The van der Waals surface area contributed by atoms with E-state index in [9.17, 15) is 9.59 Å². The molecule has 0 radical (unpaired) electrons. The van der Waals surface area contributed by atoms with Gasteiger partial charge in [-0.2, -0.15) is 0 Å². The molecule has 25 heavy (non-hydrogen) atoms. The van der Waals surface area contributed by atoms with Crippen molar-refractivity contribution in [2.45, 2.75) is 50.9 Å². The Bertz CT molecular complexity index is 644. The van der Waals surface area contributed by atoms with Gasteiger partial charge in [-0.15, -0.1) is 0 Å². The summed E-state index contributed by atoms with van der Waals surface area (Å²) in [7, 11) is 0. The number of hydrazine groups is 1. The first-order valence-electron chi connectivity index (χ1n) is 9.33. The van der Waals surface area contributed by atoms with E-state index in [1.807, 2.05) is 42.3 Å². The highest BCUT2D eigenvalue weighted by Gasteiger charge is 2.50. The van der Waals surface area contributed by atoms with Gasteiger partial charge in [-0.3, -0.25) is 19.9 Å². The van der Waals surface area contributed by atoms with Gasteiger partial charge in [-0.1, -0.05) is 31.0 Å². The van der Waals surface area contributed by atoms with Crippen molar-refractivity contribution >= 4 is 17.4 Å². The molecule has 4 atom stereocenters. The Balaban J connectivity index is 1.48. The summed E-state index contributed by atoms with van der Waals surface area (Å²) >= 11 is 0. The second-order valence-corrected chi connectivity index (χ2v) is 7.45. The lowest BCUT2D eigenvalue weighted by Gasteiger charge is -2.35. The first kappa shape index (κ1) is 16.5. The standard InChI is InChI=1S/C19H26N4O2/c1-12-16-17(24)15(19(25)21-13-7-5-6-8-13)11-20-18(16)23(22-12)14-9-3-2-4-10-14/h2-4,9-10,12-13,15-16,18,20,22H,5-8,11H2,1H3,(H,21,25). The number of para-hydroxylation sites is 1. The molecule has 4 unspecified atom stereocenters. The number of nitrogens with zero attached hydrogens (tertiary/aromatic N) is 1. The average Bonchev–Trinajstić information content (AvgIpc) is 3.24. The van der Waals surface area contributed by atoms with Crippen molar-refractivity contribution in [1.82, 2.24) is 16.1 Å². The van der Waals surface area contributed by atoms with Crippen LogP contribution in [0.1, 0.15) is 32.6 Å². The van der Waals surface area contributed by atoms with Crippen LogP contribution in [0.3, 0.4) is 0 Å². The molecule has 4 rings (SSSR count). The molecule has 2 saturated heterocycles. The number of hydrogen-bond donors (Lipinski definition) is 3. The summed E-state index contributed by atoms with van der Waals surface area (Å²) in [4.78, 5) is 25.6. The zero-order valence-corrected chi connectivity index (χ0v) is 14.6. The number of hydrogen-bond acceptors (Lipinski definition) is 5. The van der Waals surface area contributed by atoms with Gasteiger partial charge in [-0.25, -0.2) is 5.43 Å². The van der Waals surface area contributed by atoms with Crippen LogP contribution in [-0.4, -0.2) is 36.5 Å². The van der Waals surface area contributed by atoms with E-state index >= 15 is 0 Å². The Kier molecular flexibility index (Phi) is 4.48. The summed E-state index contributed by atoms with van der Waals surface area (Å²) in [6, 6.07) is 10.2. The molecule has 6 heteroatoms. The molecule has 1 aromatic carbocycles. The lowest BCUT2D eigenvalue weighted by atomic mass is 9.83. The average molecular weight is 342 g/mol. The summed E-state index contributed by atoms with van der Waals surface area (Å²) in [5.74, 6) is -0.860. The first-order valence-corrected chi connectivity index (χ1v) is 9.33. The van der Waals surface area contributed by atoms with Crippen LogP contribution in [0.4, 0.5) is 5.69 Å². The molecule has 0 aromatic heterocycles. The van der Waals surface area contributed by atoms with Crippen molar-refractivity contribution in [1.29, 1.82) is 0 Å². The summed E-state index contributed by atoms with van der Waals surface area (Å²) in [6.45, 7) is 2.41. The number of fused-ring (bicyclic) bond motifs is 1. The Morgan fingerprint density at radius 3 is 2.64 bits per heavy atom. The fourth-order valence-electron chi connectivity index (χ4n) is 4.42. The lowest BCUT2D eigenvalue weighted by Crippen LogP contribution is -2.59. The number of rotatable bonds is 3. The maximum Gasteiger partial charge on any atom is 0.232 e. The number of amides is 1. The van der Waals surface area contributed by atoms with Crippen LogP contribution in [-0.2, 0) is 9.59 Å². The highest BCUT2D eigenvalue weighted by molar-refractivity contribution is 6.04. The monoisotopic (exact) mass is 342 g/mol. The van der Waals surface area contributed by atoms with Crippen molar-refractivity contribution in [3.8, 4) is 0 Å². The number of carbonyl (C=O) groups is 2. The van der Waals surface area contributed by atoms with E-state index in [1.54, 1.807) is 0 Å². The van der Waals surface area contributed by atoms with E-state index in [2.05, 4.69) is 16.1 Å². The van der Waals surface area contributed by atoms with Gasteiger partial charge in [0.25, 0.3) is 0 Å². The largest absolute Gasteiger partial charge is 0.353 e. The normalized spacial score (nSPS) is 32.7. The topological polar surface area (TPSA) is 73.5 Å². The molecule has 1 aromatic rings.